The lowest BCUT2D eigenvalue weighted by atomic mass is 10.2. The number of ether oxygens (including phenoxy) is 1. The van der Waals surface area contributed by atoms with Crippen LogP contribution in [0.1, 0.15) is 27.7 Å². The van der Waals surface area contributed by atoms with E-state index in [4.69, 9.17) is 10.5 Å². The summed E-state index contributed by atoms with van der Waals surface area (Å²) >= 11 is 0. The maximum Gasteiger partial charge on any atom is 0.452 e. The largest absolute Gasteiger partial charge is 0.452 e. The fraction of sp³-hybridized carbons (Fsp3) is 0.875. The van der Waals surface area contributed by atoms with E-state index in [1.165, 1.54) is 0 Å². The first-order valence-corrected chi connectivity index (χ1v) is 4.17. The molecule has 1 atom stereocenters. The predicted molar refractivity (Wildman–Crippen MR) is 49.6 cm³/mol. The van der Waals surface area contributed by atoms with E-state index in [2.05, 4.69) is 10.2 Å². The van der Waals surface area contributed by atoms with Crippen molar-refractivity contribution >= 4 is 6.09 Å². The third-order valence-electron chi connectivity index (χ3n) is 0.915. The number of nitrogens with zero attached hydrogens (tertiary/aromatic N) is 2. The molecular weight excluding hydrogens is 170 g/mol. The highest BCUT2D eigenvalue weighted by atomic mass is 16.6. The number of rotatable bonds is 2. The zero-order valence-corrected chi connectivity index (χ0v) is 8.57. The Labute approximate surface area is 78.4 Å². The molecule has 0 heterocycles. The van der Waals surface area contributed by atoms with E-state index in [9.17, 15) is 4.79 Å². The molecule has 0 aliphatic heterocycles. The summed E-state index contributed by atoms with van der Waals surface area (Å²) in [6.45, 7) is 7.43. The molecule has 0 aliphatic rings. The Morgan fingerprint density at radius 3 is 2.46 bits per heavy atom. The zero-order chi connectivity index (χ0) is 10.5. The summed E-state index contributed by atoms with van der Waals surface area (Å²) in [5, 5.41) is 6.91. The number of hydrogen-bond donors (Lipinski definition) is 1. The van der Waals surface area contributed by atoms with Crippen molar-refractivity contribution in [2.24, 2.45) is 16.0 Å². The molecule has 0 aromatic rings. The third kappa shape index (κ3) is 8.94. The number of hydrogen-bond acceptors (Lipinski definition) is 4. The highest BCUT2D eigenvalue weighted by Gasteiger charge is 2.15. The summed E-state index contributed by atoms with van der Waals surface area (Å²) in [5.41, 5.74) is 4.88. The van der Waals surface area contributed by atoms with Crippen LogP contribution in [0.4, 0.5) is 4.79 Å². The van der Waals surface area contributed by atoms with Gasteiger partial charge in [-0.15, -0.1) is 0 Å². The van der Waals surface area contributed by atoms with Crippen LogP contribution in [0.2, 0.25) is 0 Å². The van der Waals surface area contributed by atoms with E-state index in [-0.39, 0.29) is 6.04 Å². The summed E-state index contributed by atoms with van der Waals surface area (Å²) in [7, 11) is 0. The van der Waals surface area contributed by atoms with Gasteiger partial charge in [0.25, 0.3) is 0 Å². The van der Waals surface area contributed by atoms with Gasteiger partial charge in [0, 0.05) is 6.04 Å². The van der Waals surface area contributed by atoms with Gasteiger partial charge < -0.3 is 10.5 Å². The molecule has 0 saturated heterocycles. The van der Waals surface area contributed by atoms with Crippen molar-refractivity contribution in [3.05, 3.63) is 0 Å². The van der Waals surface area contributed by atoms with Crippen LogP contribution in [-0.2, 0) is 4.74 Å². The summed E-state index contributed by atoms with van der Waals surface area (Å²) in [6.07, 6.45) is -0.673. The van der Waals surface area contributed by atoms with Crippen LogP contribution in [0.25, 0.3) is 0 Å². The number of carbonyl (C=O) groups is 1. The van der Waals surface area contributed by atoms with Gasteiger partial charge in [0.05, 0.1) is 6.54 Å². The third-order valence-corrected chi connectivity index (χ3v) is 0.915. The number of nitrogens with two attached hydrogens (primary N) is 1. The van der Waals surface area contributed by atoms with Gasteiger partial charge in [0.15, 0.2) is 0 Å². The van der Waals surface area contributed by atoms with Crippen LogP contribution in [0.3, 0.4) is 0 Å². The molecule has 0 bridgehead atoms. The van der Waals surface area contributed by atoms with Crippen LogP contribution in [0.15, 0.2) is 10.2 Å². The van der Waals surface area contributed by atoms with Crippen molar-refractivity contribution in [1.82, 2.24) is 0 Å². The molecule has 5 nitrogen and oxygen atoms in total. The molecule has 0 aromatic heterocycles. The van der Waals surface area contributed by atoms with Crippen molar-refractivity contribution < 1.29 is 9.53 Å². The molecule has 0 fully saturated rings. The Hall–Kier alpha value is -0.970. The van der Waals surface area contributed by atoms with E-state index in [0.29, 0.717) is 6.54 Å². The minimum Gasteiger partial charge on any atom is -0.441 e. The highest BCUT2D eigenvalue weighted by Crippen LogP contribution is 2.07. The molecule has 0 aromatic carbocycles. The van der Waals surface area contributed by atoms with E-state index >= 15 is 0 Å². The van der Waals surface area contributed by atoms with Crippen LogP contribution < -0.4 is 5.73 Å². The van der Waals surface area contributed by atoms with Gasteiger partial charge in [-0.3, -0.25) is 0 Å². The molecule has 0 spiro atoms. The predicted octanol–water partition coefficient (Wildman–Crippen LogP) is 1.72. The lowest BCUT2D eigenvalue weighted by Gasteiger charge is -2.16. The first-order valence-electron chi connectivity index (χ1n) is 4.17. The van der Waals surface area contributed by atoms with Crippen molar-refractivity contribution in [3.8, 4) is 0 Å². The fourth-order valence-corrected chi connectivity index (χ4v) is 0.510. The monoisotopic (exact) mass is 187 g/mol. The molecule has 1 amide bonds. The van der Waals surface area contributed by atoms with Crippen LogP contribution in [0, 0.1) is 0 Å². The SMILES string of the molecule is C[C@@H](N)CN=NC(=O)OC(C)(C)C. The molecule has 0 unspecified atom stereocenters. The minimum absolute atomic E-state index is 0.0915. The minimum atomic E-state index is -0.673. The van der Waals surface area contributed by atoms with E-state index < -0.39 is 11.7 Å². The molecule has 5 heteroatoms. The van der Waals surface area contributed by atoms with Gasteiger partial charge in [-0.1, -0.05) is 5.11 Å². The second kappa shape index (κ2) is 4.91. The van der Waals surface area contributed by atoms with Gasteiger partial charge in [0.1, 0.15) is 5.60 Å². The molecule has 13 heavy (non-hydrogen) atoms. The summed E-state index contributed by atoms with van der Waals surface area (Å²) in [5.74, 6) is 0. The average Bonchev–Trinajstić information content (AvgIpc) is 1.81. The first kappa shape index (κ1) is 12.0. The van der Waals surface area contributed by atoms with Gasteiger partial charge in [-0.2, -0.15) is 5.11 Å². The summed E-state index contributed by atoms with van der Waals surface area (Å²) in [4.78, 5) is 10.9. The van der Waals surface area contributed by atoms with E-state index in [1.54, 1.807) is 27.7 Å². The molecule has 0 rings (SSSR count). The quantitative estimate of drug-likeness (QED) is 0.668. The van der Waals surface area contributed by atoms with Crippen LogP contribution in [-0.4, -0.2) is 24.3 Å². The first-order chi connectivity index (χ1) is 5.81. The number of amides is 1. The van der Waals surface area contributed by atoms with Crippen molar-refractivity contribution in [2.75, 3.05) is 6.54 Å². The van der Waals surface area contributed by atoms with E-state index in [1.807, 2.05) is 0 Å². The molecule has 0 radical (unpaired) electrons. The number of azo groups is 1. The van der Waals surface area contributed by atoms with Crippen molar-refractivity contribution in [2.45, 2.75) is 39.3 Å². The fourth-order valence-electron chi connectivity index (χ4n) is 0.510. The molecular formula is C8H17N3O2. The summed E-state index contributed by atoms with van der Waals surface area (Å²) in [6, 6.07) is -0.0915. The number of carbonyl (C=O) groups excluding carboxylic acids is 1. The Bertz CT molecular complexity index is 194. The smallest absolute Gasteiger partial charge is 0.441 e. The standard InChI is InChI=1S/C8H17N3O2/c1-6(9)5-10-11-7(12)13-8(2,3)4/h6H,5,9H2,1-4H3/t6-/m1/s1. The zero-order valence-electron chi connectivity index (χ0n) is 8.57. The van der Waals surface area contributed by atoms with Gasteiger partial charge in [-0.25, -0.2) is 4.79 Å². The van der Waals surface area contributed by atoms with E-state index in [0.717, 1.165) is 0 Å². The van der Waals surface area contributed by atoms with Gasteiger partial charge in [0.2, 0.25) is 0 Å². The normalized spacial score (nSPS) is 14.5. The second-order valence-electron chi connectivity index (χ2n) is 3.88. The van der Waals surface area contributed by atoms with Crippen molar-refractivity contribution in [1.29, 1.82) is 0 Å². The molecule has 76 valence electrons. The Balaban J connectivity index is 3.81. The van der Waals surface area contributed by atoms with Crippen LogP contribution in [0.5, 0.6) is 0 Å². The lowest BCUT2D eigenvalue weighted by molar-refractivity contribution is 0.0590. The average molecular weight is 187 g/mol. The lowest BCUT2D eigenvalue weighted by Crippen LogP contribution is -2.22. The van der Waals surface area contributed by atoms with Crippen LogP contribution >= 0.6 is 0 Å². The molecule has 2 N–H and O–H groups in total. The van der Waals surface area contributed by atoms with Gasteiger partial charge >= 0.3 is 6.09 Å². The van der Waals surface area contributed by atoms with Gasteiger partial charge in [-0.05, 0) is 27.7 Å². The summed E-state index contributed by atoms with van der Waals surface area (Å²) < 4.78 is 4.88. The molecule has 0 aliphatic carbocycles. The molecule has 0 saturated carbocycles. The van der Waals surface area contributed by atoms with Crippen molar-refractivity contribution in [3.63, 3.8) is 0 Å². The highest BCUT2D eigenvalue weighted by molar-refractivity contribution is 5.67. The maximum absolute atomic E-state index is 10.9. The maximum atomic E-state index is 10.9. The Morgan fingerprint density at radius 1 is 1.54 bits per heavy atom. The second-order valence-corrected chi connectivity index (χ2v) is 3.88. The topological polar surface area (TPSA) is 77.0 Å². The Morgan fingerprint density at radius 2 is 2.08 bits per heavy atom. The Kier molecular flexibility index (Phi) is 4.55.